The summed E-state index contributed by atoms with van der Waals surface area (Å²) in [6, 6.07) is 2.01. The van der Waals surface area contributed by atoms with Gasteiger partial charge < -0.3 is 14.7 Å². The highest BCUT2D eigenvalue weighted by molar-refractivity contribution is 14.0. The zero-order valence-corrected chi connectivity index (χ0v) is 19.6. The molecule has 3 heterocycles. The highest BCUT2D eigenvalue weighted by atomic mass is 127. The molecular weight excluding hydrogens is 475 g/mol. The summed E-state index contributed by atoms with van der Waals surface area (Å²) in [5, 5.41) is 8.63. The second kappa shape index (κ2) is 10.4. The fourth-order valence-corrected chi connectivity index (χ4v) is 3.99. The molecule has 150 valence electrons. The number of hydrogen-bond acceptors (Lipinski definition) is 6. The summed E-state index contributed by atoms with van der Waals surface area (Å²) in [4.78, 5) is 15.3. The van der Waals surface area contributed by atoms with Crippen LogP contribution >= 0.6 is 35.3 Å². The number of piperazine rings is 1. The van der Waals surface area contributed by atoms with E-state index < -0.39 is 0 Å². The largest absolute Gasteiger partial charge is 0.361 e. The maximum absolute atomic E-state index is 5.16. The van der Waals surface area contributed by atoms with Gasteiger partial charge in [0.15, 0.2) is 5.96 Å². The number of halogens is 1. The van der Waals surface area contributed by atoms with Gasteiger partial charge in [-0.1, -0.05) is 5.16 Å². The molecule has 0 amide bonds. The van der Waals surface area contributed by atoms with Crippen LogP contribution in [-0.2, 0) is 13.1 Å². The van der Waals surface area contributed by atoms with Crippen LogP contribution in [0.4, 0.5) is 0 Å². The van der Waals surface area contributed by atoms with E-state index in [0.717, 1.165) is 67.4 Å². The van der Waals surface area contributed by atoms with Gasteiger partial charge >= 0.3 is 0 Å². The first-order chi connectivity index (χ1) is 12.5. The topological polar surface area (TPSA) is 69.8 Å². The van der Waals surface area contributed by atoms with Crippen LogP contribution in [-0.4, -0.2) is 58.6 Å². The molecule has 0 saturated carbocycles. The lowest BCUT2D eigenvalue weighted by Crippen LogP contribution is -2.52. The van der Waals surface area contributed by atoms with Gasteiger partial charge in [-0.15, -0.1) is 35.3 Å². The van der Waals surface area contributed by atoms with Gasteiger partial charge in [-0.25, -0.2) is 9.98 Å². The Hall–Kier alpha value is -1.20. The molecule has 1 aliphatic heterocycles. The Labute approximate surface area is 182 Å². The zero-order chi connectivity index (χ0) is 18.5. The summed E-state index contributed by atoms with van der Waals surface area (Å²) in [7, 11) is 0. The molecule has 2 aromatic heterocycles. The average molecular weight is 504 g/mol. The number of nitrogens with zero attached hydrogens (tertiary/aromatic N) is 5. The van der Waals surface area contributed by atoms with E-state index in [0.29, 0.717) is 6.54 Å². The van der Waals surface area contributed by atoms with Crippen molar-refractivity contribution in [2.75, 3.05) is 32.7 Å². The third-order valence-corrected chi connectivity index (χ3v) is 5.50. The van der Waals surface area contributed by atoms with Crippen LogP contribution in [0.5, 0.6) is 0 Å². The summed E-state index contributed by atoms with van der Waals surface area (Å²) < 4.78 is 5.16. The van der Waals surface area contributed by atoms with Crippen LogP contribution in [0.15, 0.2) is 15.6 Å². The SMILES string of the molecule is CCNC(=NCc1sc(C)nc1C)N1CCN(Cc2cc(C)on2)CC1.I. The Bertz CT molecular complexity index is 751. The van der Waals surface area contributed by atoms with Crippen LogP contribution in [0.3, 0.4) is 0 Å². The molecule has 9 heteroatoms. The predicted octanol–water partition coefficient (Wildman–Crippen LogP) is 2.96. The van der Waals surface area contributed by atoms with Crippen LogP contribution in [0, 0.1) is 20.8 Å². The van der Waals surface area contributed by atoms with E-state index in [9.17, 15) is 0 Å². The smallest absolute Gasteiger partial charge is 0.194 e. The van der Waals surface area contributed by atoms with E-state index in [2.05, 4.69) is 39.1 Å². The molecule has 1 aliphatic rings. The first-order valence-corrected chi connectivity index (χ1v) is 9.97. The van der Waals surface area contributed by atoms with Crippen LogP contribution in [0.25, 0.3) is 0 Å². The third kappa shape index (κ3) is 6.15. The van der Waals surface area contributed by atoms with E-state index in [1.165, 1.54) is 4.88 Å². The number of guanidine groups is 1. The van der Waals surface area contributed by atoms with Gasteiger partial charge in [0.1, 0.15) is 5.76 Å². The van der Waals surface area contributed by atoms with Gasteiger partial charge in [0.25, 0.3) is 0 Å². The van der Waals surface area contributed by atoms with Crippen molar-refractivity contribution in [3.63, 3.8) is 0 Å². The van der Waals surface area contributed by atoms with Crippen molar-refractivity contribution in [1.29, 1.82) is 0 Å². The molecule has 2 aromatic rings. The van der Waals surface area contributed by atoms with Gasteiger partial charge in [0.2, 0.25) is 0 Å². The molecule has 27 heavy (non-hydrogen) atoms. The number of aromatic nitrogens is 2. The van der Waals surface area contributed by atoms with Gasteiger partial charge in [0.05, 0.1) is 22.9 Å². The average Bonchev–Trinajstić information content (AvgIpc) is 3.17. The molecule has 0 aromatic carbocycles. The Morgan fingerprint density at radius 3 is 2.56 bits per heavy atom. The lowest BCUT2D eigenvalue weighted by Gasteiger charge is -2.36. The van der Waals surface area contributed by atoms with Gasteiger partial charge in [-0.05, 0) is 27.7 Å². The van der Waals surface area contributed by atoms with Crippen molar-refractivity contribution in [3.8, 4) is 0 Å². The maximum Gasteiger partial charge on any atom is 0.194 e. The minimum atomic E-state index is 0. The first-order valence-electron chi connectivity index (χ1n) is 9.16. The molecule has 1 N–H and O–H groups in total. The lowest BCUT2D eigenvalue weighted by atomic mass is 10.3. The molecule has 0 aliphatic carbocycles. The first kappa shape index (κ1) is 22.1. The summed E-state index contributed by atoms with van der Waals surface area (Å²) in [5.74, 6) is 1.86. The van der Waals surface area contributed by atoms with Crippen molar-refractivity contribution in [2.24, 2.45) is 4.99 Å². The summed E-state index contributed by atoms with van der Waals surface area (Å²) in [6.07, 6.45) is 0. The van der Waals surface area contributed by atoms with Gasteiger partial charge in [0, 0.05) is 50.2 Å². The van der Waals surface area contributed by atoms with Crippen molar-refractivity contribution >= 4 is 41.3 Å². The number of thiazole rings is 1. The monoisotopic (exact) mass is 504 g/mol. The van der Waals surface area contributed by atoms with Crippen molar-refractivity contribution in [3.05, 3.63) is 33.1 Å². The molecule has 0 spiro atoms. The minimum Gasteiger partial charge on any atom is -0.361 e. The molecule has 1 fully saturated rings. The number of hydrogen-bond donors (Lipinski definition) is 1. The fraction of sp³-hybridized carbons (Fsp3) is 0.611. The second-order valence-electron chi connectivity index (χ2n) is 6.60. The minimum absolute atomic E-state index is 0. The third-order valence-electron chi connectivity index (χ3n) is 4.44. The summed E-state index contributed by atoms with van der Waals surface area (Å²) >= 11 is 1.74. The summed E-state index contributed by atoms with van der Waals surface area (Å²) in [6.45, 7) is 14.5. The van der Waals surface area contributed by atoms with Gasteiger partial charge in [-0.3, -0.25) is 4.90 Å². The number of aliphatic imine (C=N–C) groups is 1. The van der Waals surface area contributed by atoms with Crippen LogP contribution in [0.1, 0.15) is 34.0 Å². The molecular formula is C18H29IN6OS. The normalized spacial score (nSPS) is 15.7. The highest BCUT2D eigenvalue weighted by Crippen LogP contribution is 2.18. The molecule has 0 atom stereocenters. The molecule has 0 bridgehead atoms. The molecule has 7 nitrogen and oxygen atoms in total. The van der Waals surface area contributed by atoms with Crippen LogP contribution in [0.2, 0.25) is 0 Å². The van der Waals surface area contributed by atoms with E-state index in [1.807, 2.05) is 19.9 Å². The maximum atomic E-state index is 5.16. The fourth-order valence-electron chi connectivity index (χ4n) is 3.13. The second-order valence-corrected chi connectivity index (χ2v) is 7.89. The number of aryl methyl sites for hydroxylation is 3. The van der Waals surface area contributed by atoms with Crippen LogP contribution < -0.4 is 5.32 Å². The predicted molar refractivity (Wildman–Crippen MR) is 120 cm³/mol. The molecule has 1 saturated heterocycles. The van der Waals surface area contributed by atoms with Crippen molar-refractivity contribution < 1.29 is 4.52 Å². The van der Waals surface area contributed by atoms with E-state index in [4.69, 9.17) is 9.52 Å². The van der Waals surface area contributed by atoms with E-state index in [-0.39, 0.29) is 24.0 Å². The quantitative estimate of drug-likeness (QED) is 0.384. The summed E-state index contributed by atoms with van der Waals surface area (Å²) in [5.41, 5.74) is 2.10. The van der Waals surface area contributed by atoms with Gasteiger partial charge in [-0.2, -0.15) is 0 Å². The lowest BCUT2D eigenvalue weighted by molar-refractivity contribution is 0.169. The number of rotatable bonds is 5. The van der Waals surface area contributed by atoms with E-state index >= 15 is 0 Å². The molecule has 3 rings (SSSR count). The van der Waals surface area contributed by atoms with Crippen molar-refractivity contribution in [1.82, 2.24) is 25.3 Å². The Kier molecular flexibility index (Phi) is 8.49. The highest BCUT2D eigenvalue weighted by Gasteiger charge is 2.20. The van der Waals surface area contributed by atoms with Crippen molar-refractivity contribution in [2.45, 2.75) is 40.8 Å². The zero-order valence-electron chi connectivity index (χ0n) is 16.5. The number of nitrogens with one attached hydrogen (secondary N) is 1. The Morgan fingerprint density at radius 1 is 1.26 bits per heavy atom. The Morgan fingerprint density at radius 2 is 2.00 bits per heavy atom. The standard InChI is InChI=1S/C18H28N6OS.HI/c1-5-19-18(20-11-17-14(3)21-15(4)26-17)24-8-6-23(7-9-24)12-16-10-13(2)25-22-16;/h10H,5-9,11-12H2,1-4H3,(H,19,20);1H. The molecule has 0 radical (unpaired) electrons. The van der Waals surface area contributed by atoms with E-state index in [1.54, 1.807) is 11.3 Å². The molecule has 0 unspecified atom stereocenters. The Balaban J connectivity index is 0.00000261.